The Morgan fingerprint density at radius 1 is 1.23 bits per heavy atom. The highest BCUT2D eigenvalue weighted by molar-refractivity contribution is 5.86. The van der Waals surface area contributed by atoms with Gasteiger partial charge in [-0.05, 0) is 24.5 Å². The molecule has 3 rings (SSSR count). The summed E-state index contributed by atoms with van der Waals surface area (Å²) in [5, 5.41) is 6.30. The van der Waals surface area contributed by atoms with Crippen molar-refractivity contribution in [2.24, 2.45) is 0 Å². The van der Waals surface area contributed by atoms with Crippen LogP contribution in [-0.2, 0) is 4.79 Å². The van der Waals surface area contributed by atoms with Crippen LogP contribution in [0.1, 0.15) is 24.4 Å². The summed E-state index contributed by atoms with van der Waals surface area (Å²) >= 11 is 0. The molecule has 22 heavy (non-hydrogen) atoms. The number of carbonyl (C=O) groups excluding carboxylic acids is 1. The Morgan fingerprint density at radius 2 is 2.00 bits per heavy atom. The van der Waals surface area contributed by atoms with Gasteiger partial charge in [-0.2, -0.15) is 0 Å². The zero-order chi connectivity index (χ0) is 15.4. The summed E-state index contributed by atoms with van der Waals surface area (Å²) < 4.78 is 5.05. The highest BCUT2D eigenvalue weighted by atomic mass is 16.5. The smallest absolute Gasteiger partial charge is 0.247 e. The van der Waals surface area contributed by atoms with Crippen molar-refractivity contribution in [3.05, 3.63) is 54.2 Å². The van der Waals surface area contributed by atoms with E-state index in [-0.39, 0.29) is 5.91 Å². The number of aromatic nitrogens is 1. The SMILES string of the molecule is COc1ccc(NC(C(=O)NC2CC2)c2ccccc2)cn1. The Labute approximate surface area is 129 Å². The molecule has 2 N–H and O–H groups in total. The van der Waals surface area contributed by atoms with Crippen molar-refractivity contribution < 1.29 is 9.53 Å². The Bertz CT molecular complexity index is 624. The molecule has 1 aliphatic carbocycles. The van der Waals surface area contributed by atoms with Crippen LogP contribution < -0.4 is 15.4 Å². The van der Waals surface area contributed by atoms with Gasteiger partial charge in [-0.15, -0.1) is 0 Å². The molecule has 5 heteroatoms. The van der Waals surface area contributed by atoms with Crippen LogP contribution in [0.5, 0.6) is 5.88 Å². The number of nitrogens with zero attached hydrogens (tertiary/aromatic N) is 1. The molecular weight excluding hydrogens is 278 g/mol. The van der Waals surface area contributed by atoms with E-state index < -0.39 is 6.04 Å². The Kier molecular flexibility index (Phi) is 4.23. The molecule has 1 amide bonds. The third-order valence-electron chi connectivity index (χ3n) is 3.58. The summed E-state index contributed by atoms with van der Waals surface area (Å²) in [7, 11) is 1.57. The molecule has 1 heterocycles. The second-order valence-electron chi connectivity index (χ2n) is 5.36. The number of ether oxygens (including phenoxy) is 1. The molecule has 1 aromatic carbocycles. The summed E-state index contributed by atoms with van der Waals surface area (Å²) in [6, 6.07) is 13.2. The van der Waals surface area contributed by atoms with E-state index in [0.717, 1.165) is 24.1 Å². The number of methoxy groups -OCH3 is 1. The second kappa shape index (κ2) is 6.47. The minimum absolute atomic E-state index is 0.00971. The monoisotopic (exact) mass is 297 g/mol. The maximum atomic E-state index is 12.5. The van der Waals surface area contributed by atoms with Crippen molar-refractivity contribution in [2.45, 2.75) is 24.9 Å². The Balaban J connectivity index is 1.79. The first kappa shape index (κ1) is 14.4. The number of amides is 1. The van der Waals surface area contributed by atoms with Gasteiger partial charge in [-0.1, -0.05) is 30.3 Å². The molecule has 0 saturated heterocycles. The molecule has 1 aromatic heterocycles. The van der Waals surface area contributed by atoms with Crippen LogP contribution in [0.3, 0.4) is 0 Å². The maximum absolute atomic E-state index is 12.5. The van der Waals surface area contributed by atoms with Crippen LogP contribution in [0.2, 0.25) is 0 Å². The highest BCUT2D eigenvalue weighted by Crippen LogP contribution is 2.24. The van der Waals surface area contributed by atoms with Crippen molar-refractivity contribution in [1.82, 2.24) is 10.3 Å². The van der Waals surface area contributed by atoms with Gasteiger partial charge in [-0.3, -0.25) is 4.79 Å². The van der Waals surface area contributed by atoms with Crippen molar-refractivity contribution in [1.29, 1.82) is 0 Å². The third-order valence-corrected chi connectivity index (χ3v) is 3.58. The highest BCUT2D eigenvalue weighted by Gasteiger charge is 2.28. The Morgan fingerprint density at radius 3 is 2.59 bits per heavy atom. The lowest BCUT2D eigenvalue weighted by Gasteiger charge is -2.20. The fourth-order valence-electron chi connectivity index (χ4n) is 2.21. The van der Waals surface area contributed by atoms with Gasteiger partial charge >= 0.3 is 0 Å². The van der Waals surface area contributed by atoms with Crippen LogP contribution in [0.4, 0.5) is 5.69 Å². The lowest BCUT2D eigenvalue weighted by Crippen LogP contribution is -2.34. The average molecular weight is 297 g/mol. The second-order valence-corrected chi connectivity index (χ2v) is 5.36. The molecule has 5 nitrogen and oxygen atoms in total. The lowest BCUT2D eigenvalue weighted by atomic mass is 10.1. The van der Waals surface area contributed by atoms with E-state index in [4.69, 9.17) is 4.74 Å². The largest absolute Gasteiger partial charge is 0.481 e. The van der Waals surface area contributed by atoms with E-state index in [0.29, 0.717) is 11.9 Å². The zero-order valence-electron chi connectivity index (χ0n) is 12.5. The normalized spacial score (nSPS) is 15.0. The first-order valence-corrected chi connectivity index (χ1v) is 7.38. The molecule has 0 radical (unpaired) electrons. The van der Waals surface area contributed by atoms with Crippen molar-refractivity contribution in [2.75, 3.05) is 12.4 Å². The summed E-state index contributed by atoms with van der Waals surface area (Å²) in [6.07, 6.45) is 3.80. The molecule has 0 bridgehead atoms. The molecule has 2 aromatic rings. The minimum atomic E-state index is -0.433. The molecule has 0 spiro atoms. The number of benzene rings is 1. The van der Waals surface area contributed by atoms with Gasteiger partial charge in [0.15, 0.2) is 0 Å². The van der Waals surface area contributed by atoms with Gasteiger partial charge in [0.05, 0.1) is 19.0 Å². The topological polar surface area (TPSA) is 63.2 Å². The predicted molar refractivity (Wildman–Crippen MR) is 84.8 cm³/mol. The number of pyridine rings is 1. The Hall–Kier alpha value is -2.56. The van der Waals surface area contributed by atoms with Crippen molar-refractivity contribution in [3.63, 3.8) is 0 Å². The number of rotatable bonds is 6. The molecule has 1 atom stereocenters. The van der Waals surface area contributed by atoms with Crippen LogP contribution in [0, 0.1) is 0 Å². The quantitative estimate of drug-likeness (QED) is 0.860. The summed E-state index contributed by atoms with van der Waals surface area (Å²) in [6.45, 7) is 0. The number of hydrogen-bond acceptors (Lipinski definition) is 4. The molecular formula is C17H19N3O2. The van der Waals surface area contributed by atoms with Gasteiger partial charge in [0.25, 0.3) is 0 Å². The van der Waals surface area contributed by atoms with Crippen LogP contribution in [0.15, 0.2) is 48.7 Å². The van der Waals surface area contributed by atoms with E-state index >= 15 is 0 Å². The number of hydrogen-bond donors (Lipinski definition) is 2. The van der Waals surface area contributed by atoms with Gasteiger partial charge < -0.3 is 15.4 Å². The summed E-state index contributed by atoms with van der Waals surface area (Å²) in [4.78, 5) is 16.7. The maximum Gasteiger partial charge on any atom is 0.247 e. The van der Waals surface area contributed by atoms with Gasteiger partial charge in [0.2, 0.25) is 11.8 Å². The molecule has 1 unspecified atom stereocenters. The third kappa shape index (κ3) is 3.55. The van der Waals surface area contributed by atoms with Crippen LogP contribution >= 0.6 is 0 Å². The summed E-state index contributed by atoms with van der Waals surface area (Å²) in [5.41, 5.74) is 1.71. The van der Waals surface area contributed by atoms with Crippen molar-refractivity contribution in [3.8, 4) is 5.88 Å². The molecule has 1 fully saturated rings. The van der Waals surface area contributed by atoms with Crippen LogP contribution in [-0.4, -0.2) is 24.0 Å². The van der Waals surface area contributed by atoms with Gasteiger partial charge in [0, 0.05) is 12.1 Å². The van der Waals surface area contributed by atoms with E-state index in [1.807, 2.05) is 36.4 Å². The number of nitrogens with one attached hydrogen (secondary N) is 2. The average Bonchev–Trinajstić information content (AvgIpc) is 3.38. The van der Waals surface area contributed by atoms with E-state index in [2.05, 4.69) is 15.6 Å². The molecule has 114 valence electrons. The first-order chi connectivity index (χ1) is 10.8. The van der Waals surface area contributed by atoms with Gasteiger partial charge in [0.1, 0.15) is 6.04 Å². The van der Waals surface area contributed by atoms with Crippen molar-refractivity contribution >= 4 is 11.6 Å². The standard InChI is InChI=1S/C17H19N3O2/c1-22-15-10-9-14(11-18-15)19-16(12-5-3-2-4-6-12)17(21)20-13-7-8-13/h2-6,9-11,13,16,19H,7-8H2,1H3,(H,20,21). The first-order valence-electron chi connectivity index (χ1n) is 7.38. The van der Waals surface area contributed by atoms with E-state index in [1.54, 1.807) is 19.4 Å². The number of carbonyl (C=O) groups is 1. The fourth-order valence-corrected chi connectivity index (χ4v) is 2.21. The lowest BCUT2D eigenvalue weighted by molar-refractivity contribution is -0.122. The van der Waals surface area contributed by atoms with Gasteiger partial charge in [-0.25, -0.2) is 4.98 Å². The zero-order valence-corrected chi connectivity index (χ0v) is 12.5. The number of anilines is 1. The predicted octanol–water partition coefficient (Wildman–Crippen LogP) is 2.52. The molecule has 1 aliphatic rings. The fraction of sp³-hybridized carbons (Fsp3) is 0.294. The minimum Gasteiger partial charge on any atom is -0.481 e. The van der Waals surface area contributed by atoms with E-state index in [1.165, 1.54) is 0 Å². The summed E-state index contributed by atoms with van der Waals surface area (Å²) in [5.74, 6) is 0.536. The molecule has 1 saturated carbocycles. The van der Waals surface area contributed by atoms with E-state index in [9.17, 15) is 4.79 Å². The van der Waals surface area contributed by atoms with Crippen LogP contribution in [0.25, 0.3) is 0 Å². The molecule has 0 aliphatic heterocycles.